The summed E-state index contributed by atoms with van der Waals surface area (Å²) >= 11 is 9.17. The van der Waals surface area contributed by atoms with Gasteiger partial charge in [0, 0.05) is 16.7 Å². The average molecular weight is 349 g/mol. The monoisotopic (exact) mass is 347 g/mol. The SMILES string of the molecule is CCNC(=O)NC(=O)C(C)Nc1ccc(Cl)c(Br)c1. The molecule has 104 valence electrons. The molecule has 0 aromatic heterocycles. The standard InChI is InChI=1S/C12H15BrClN3O2/c1-3-15-12(19)17-11(18)7(2)16-8-4-5-10(14)9(13)6-8/h4-7,16H,3H2,1-2H3,(H2,15,17,18,19). The lowest BCUT2D eigenvalue weighted by Gasteiger charge is -2.15. The van der Waals surface area contributed by atoms with Gasteiger partial charge in [0.25, 0.3) is 0 Å². The maximum atomic E-state index is 11.7. The lowest BCUT2D eigenvalue weighted by atomic mass is 10.2. The molecule has 0 radical (unpaired) electrons. The minimum Gasteiger partial charge on any atom is -0.374 e. The molecule has 0 saturated carbocycles. The van der Waals surface area contributed by atoms with Crippen LogP contribution in [0.3, 0.4) is 0 Å². The summed E-state index contributed by atoms with van der Waals surface area (Å²) in [7, 11) is 0. The molecule has 0 spiro atoms. The van der Waals surface area contributed by atoms with E-state index in [9.17, 15) is 9.59 Å². The fraction of sp³-hybridized carbons (Fsp3) is 0.333. The fourth-order valence-electron chi connectivity index (χ4n) is 1.33. The number of hydrogen-bond donors (Lipinski definition) is 3. The van der Waals surface area contributed by atoms with Gasteiger partial charge in [-0.05, 0) is 48.0 Å². The zero-order valence-electron chi connectivity index (χ0n) is 10.6. The van der Waals surface area contributed by atoms with Gasteiger partial charge in [-0.2, -0.15) is 0 Å². The third-order valence-electron chi connectivity index (χ3n) is 2.27. The second-order valence-electron chi connectivity index (χ2n) is 3.84. The zero-order valence-corrected chi connectivity index (χ0v) is 12.9. The quantitative estimate of drug-likeness (QED) is 0.783. The highest BCUT2D eigenvalue weighted by molar-refractivity contribution is 9.10. The summed E-state index contributed by atoms with van der Waals surface area (Å²) in [5.41, 5.74) is 0.731. The molecule has 0 aliphatic carbocycles. The molecule has 0 fully saturated rings. The van der Waals surface area contributed by atoms with Crippen LogP contribution in [0.15, 0.2) is 22.7 Å². The van der Waals surface area contributed by atoms with E-state index in [0.29, 0.717) is 11.6 Å². The molecule has 3 amide bonds. The molecule has 0 bridgehead atoms. The minimum atomic E-state index is -0.546. The number of amides is 3. The van der Waals surface area contributed by atoms with Gasteiger partial charge in [-0.3, -0.25) is 10.1 Å². The van der Waals surface area contributed by atoms with Crippen LogP contribution in [-0.4, -0.2) is 24.5 Å². The Morgan fingerprint density at radius 1 is 1.42 bits per heavy atom. The topological polar surface area (TPSA) is 70.2 Å². The smallest absolute Gasteiger partial charge is 0.321 e. The number of benzene rings is 1. The van der Waals surface area contributed by atoms with Crippen molar-refractivity contribution in [2.75, 3.05) is 11.9 Å². The fourth-order valence-corrected chi connectivity index (χ4v) is 1.82. The van der Waals surface area contributed by atoms with Gasteiger partial charge in [0.05, 0.1) is 5.02 Å². The molecular weight excluding hydrogens is 334 g/mol. The maximum Gasteiger partial charge on any atom is 0.321 e. The summed E-state index contributed by atoms with van der Waals surface area (Å²) in [6, 6.07) is 4.18. The predicted octanol–water partition coefficient (Wildman–Crippen LogP) is 2.75. The van der Waals surface area contributed by atoms with Crippen LogP contribution >= 0.6 is 27.5 Å². The Kier molecular flexibility index (Phi) is 6.11. The molecule has 3 N–H and O–H groups in total. The van der Waals surface area contributed by atoms with Crippen molar-refractivity contribution in [1.82, 2.24) is 10.6 Å². The Morgan fingerprint density at radius 2 is 2.11 bits per heavy atom. The third-order valence-corrected chi connectivity index (χ3v) is 3.48. The normalized spacial score (nSPS) is 11.6. The van der Waals surface area contributed by atoms with Crippen molar-refractivity contribution in [2.24, 2.45) is 0 Å². The maximum absolute atomic E-state index is 11.7. The van der Waals surface area contributed by atoms with E-state index in [0.717, 1.165) is 10.2 Å². The lowest BCUT2D eigenvalue weighted by molar-refractivity contribution is -0.120. The van der Waals surface area contributed by atoms with Gasteiger partial charge in [-0.15, -0.1) is 0 Å². The summed E-state index contributed by atoms with van der Waals surface area (Å²) in [5.74, 6) is -0.406. The highest BCUT2D eigenvalue weighted by Gasteiger charge is 2.15. The van der Waals surface area contributed by atoms with E-state index in [1.54, 1.807) is 32.0 Å². The van der Waals surface area contributed by atoms with Gasteiger partial charge in [0.2, 0.25) is 5.91 Å². The third kappa shape index (κ3) is 5.08. The Morgan fingerprint density at radius 3 is 2.68 bits per heavy atom. The van der Waals surface area contributed by atoms with Crippen LogP contribution in [0.4, 0.5) is 10.5 Å². The number of imide groups is 1. The molecule has 7 heteroatoms. The molecule has 0 saturated heterocycles. The van der Waals surface area contributed by atoms with Crippen LogP contribution in [0.25, 0.3) is 0 Å². The second kappa shape index (κ2) is 7.35. The number of carbonyl (C=O) groups is 2. The average Bonchev–Trinajstić information content (AvgIpc) is 2.34. The summed E-state index contributed by atoms with van der Waals surface area (Å²) in [6.07, 6.45) is 0. The molecule has 0 aliphatic rings. The van der Waals surface area contributed by atoms with E-state index >= 15 is 0 Å². The summed E-state index contributed by atoms with van der Waals surface area (Å²) in [5, 5.41) is 8.29. The molecule has 1 aromatic rings. The number of halogens is 2. The Bertz CT molecular complexity index is 482. The first kappa shape index (κ1) is 15.8. The minimum absolute atomic E-state index is 0.406. The highest BCUT2D eigenvalue weighted by Crippen LogP contribution is 2.25. The Balaban J connectivity index is 2.58. The molecule has 5 nitrogen and oxygen atoms in total. The van der Waals surface area contributed by atoms with Gasteiger partial charge >= 0.3 is 6.03 Å². The molecule has 19 heavy (non-hydrogen) atoms. The number of hydrogen-bond acceptors (Lipinski definition) is 3. The van der Waals surface area contributed by atoms with Crippen LogP contribution in [0.5, 0.6) is 0 Å². The van der Waals surface area contributed by atoms with E-state index in [2.05, 4.69) is 31.9 Å². The largest absolute Gasteiger partial charge is 0.374 e. The van der Waals surface area contributed by atoms with Gasteiger partial charge in [0.1, 0.15) is 6.04 Å². The van der Waals surface area contributed by atoms with Crippen molar-refractivity contribution in [3.05, 3.63) is 27.7 Å². The second-order valence-corrected chi connectivity index (χ2v) is 5.11. The molecular formula is C12H15BrClN3O2. The number of nitrogens with one attached hydrogen (secondary N) is 3. The van der Waals surface area contributed by atoms with Crippen molar-refractivity contribution in [2.45, 2.75) is 19.9 Å². The number of urea groups is 1. The van der Waals surface area contributed by atoms with Crippen LogP contribution < -0.4 is 16.0 Å². The van der Waals surface area contributed by atoms with Gasteiger partial charge in [0.15, 0.2) is 0 Å². The predicted molar refractivity (Wildman–Crippen MR) is 79.5 cm³/mol. The first-order valence-electron chi connectivity index (χ1n) is 5.74. The zero-order chi connectivity index (χ0) is 14.4. The lowest BCUT2D eigenvalue weighted by Crippen LogP contribution is -2.45. The van der Waals surface area contributed by atoms with Gasteiger partial charge < -0.3 is 10.6 Å². The summed E-state index contributed by atoms with van der Waals surface area (Å²) in [4.78, 5) is 22.9. The highest BCUT2D eigenvalue weighted by atomic mass is 79.9. The van der Waals surface area contributed by atoms with E-state index in [-0.39, 0.29) is 0 Å². The molecule has 0 heterocycles. The summed E-state index contributed by atoms with van der Waals surface area (Å²) in [6.45, 7) is 3.90. The van der Waals surface area contributed by atoms with Gasteiger partial charge in [-0.1, -0.05) is 11.6 Å². The van der Waals surface area contributed by atoms with Crippen molar-refractivity contribution in [3.63, 3.8) is 0 Å². The molecule has 1 unspecified atom stereocenters. The van der Waals surface area contributed by atoms with E-state index < -0.39 is 18.0 Å². The van der Waals surface area contributed by atoms with Crippen molar-refractivity contribution in [3.8, 4) is 0 Å². The van der Waals surface area contributed by atoms with E-state index in [4.69, 9.17) is 11.6 Å². The first-order valence-corrected chi connectivity index (χ1v) is 6.91. The molecule has 1 rings (SSSR count). The molecule has 1 aromatic carbocycles. The number of anilines is 1. The van der Waals surface area contributed by atoms with Crippen molar-refractivity contribution in [1.29, 1.82) is 0 Å². The van der Waals surface area contributed by atoms with E-state index in [1.807, 2.05) is 0 Å². The van der Waals surface area contributed by atoms with Crippen LogP contribution in [0.1, 0.15) is 13.8 Å². The molecule has 0 aliphatic heterocycles. The Hall–Kier alpha value is -1.27. The van der Waals surface area contributed by atoms with Gasteiger partial charge in [-0.25, -0.2) is 4.79 Å². The van der Waals surface area contributed by atoms with Crippen molar-refractivity contribution < 1.29 is 9.59 Å². The summed E-state index contributed by atoms with van der Waals surface area (Å²) < 4.78 is 0.732. The first-order chi connectivity index (χ1) is 8.93. The van der Waals surface area contributed by atoms with Crippen LogP contribution in [0, 0.1) is 0 Å². The Labute approximate surface area is 125 Å². The number of carbonyl (C=O) groups excluding carboxylic acids is 2. The van der Waals surface area contributed by atoms with Crippen LogP contribution in [0.2, 0.25) is 5.02 Å². The molecule has 1 atom stereocenters. The number of rotatable bonds is 4. The van der Waals surface area contributed by atoms with Crippen LogP contribution in [-0.2, 0) is 4.79 Å². The van der Waals surface area contributed by atoms with E-state index in [1.165, 1.54) is 0 Å². The van der Waals surface area contributed by atoms with Crippen molar-refractivity contribution >= 4 is 45.2 Å².